The summed E-state index contributed by atoms with van der Waals surface area (Å²) in [5.41, 5.74) is 2.22. The lowest BCUT2D eigenvalue weighted by Crippen LogP contribution is -2.25. The van der Waals surface area contributed by atoms with Crippen LogP contribution >= 0.6 is 0 Å². The topological polar surface area (TPSA) is 12.0 Å². The Balaban J connectivity index is 2.18. The fourth-order valence-corrected chi connectivity index (χ4v) is 2.93. The maximum Gasteiger partial charge on any atom is 0.123 e. The lowest BCUT2D eigenvalue weighted by molar-refractivity contribution is 0.469. The molecule has 1 N–H and O–H groups in total. The second-order valence-corrected chi connectivity index (χ2v) is 5.26. The van der Waals surface area contributed by atoms with Gasteiger partial charge in [-0.2, -0.15) is 0 Å². The molecule has 1 saturated carbocycles. The van der Waals surface area contributed by atoms with Crippen LogP contribution in [0.1, 0.15) is 49.1 Å². The molecule has 0 heterocycles. The fraction of sp³-hybridized carbons (Fsp3) is 0.600. The first-order valence-corrected chi connectivity index (χ1v) is 6.63. The van der Waals surface area contributed by atoms with Gasteiger partial charge in [0, 0.05) is 6.04 Å². The van der Waals surface area contributed by atoms with Crippen molar-refractivity contribution in [3.63, 3.8) is 0 Å². The third kappa shape index (κ3) is 3.29. The van der Waals surface area contributed by atoms with Gasteiger partial charge in [0.1, 0.15) is 5.82 Å². The van der Waals surface area contributed by atoms with E-state index < -0.39 is 0 Å². The number of nitrogens with one attached hydrogen (secondary N) is 1. The summed E-state index contributed by atoms with van der Waals surface area (Å²) in [5.74, 6) is 0.426. The molecule has 0 amide bonds. The van der Waals surface area contributed by atoms with Gasteiger partial charge >= 0.3 is 0 Å². The highest BCUT2D eigenvalue weighted by atomic mass is 19.1. The van der Waals surface area contributed by atoms with Crippen LogP contribution in [0.4, 0.5) is 4.39 Å². The predicted octanol–water partition coefficient (Wildman–Crippen LogP) is 3.77. The van der Waals surface area contributed by atoms with Gasteiger partial charge in [-0.15, -0.1) is 0 Å². The van der Waals surface area contributed by atoms with Crippen molar-refractivity contribution in [3.05, 3.63) is 35.1 Å². The average Bonchev–Trinajstić information content (AvgIpc) is 2.52. The van der Waals surface area contributed by atoms with E-state index in [2.05, 4.69) is 11.4 Å². The summed E-state index contributed by atoms with van der Waals surface area (Å²) in [6.07, 6.45) is 6.14. The molecule has 1 fully saturated rings. The van der Waals surface area contributed by atoms with Crippen LogP contribution in [0.5, 0.6) is 0 Å². The molecule has 0 bridgehead atoms. The van der Waals surface area contributed by atoms with Crippen molar-refractivity contribution in [2.24, 2.45) is 0 Å². The van der Waals surface area contributed by atoms with Gasteiger partial charge in [-0.3, -0.25) is 0 Å². The minimum atomic E-state index is -0.0924. The maximum atomic E-state index is 13.4. The van der Waals surface area contributed by atoms with Crippen LogP contribution < -0.4 is 5.32 Å². The van der Waals surface area contributed by atoms with Gasteiger partial charge in [-0.05, 0) is 62.4 Å². The van der Waals surface area contributed by atoms with E-state index in [1.165, 1.54) is 31.2 Å². The molecule has 94 valence electrons. The second-order valence-electron chi connectivity index (χ2n) is 5.26. The first kappa shape index (κ1) is 12.6. The summed E-state index contributed by atoms with van der Waals surface area (Å²) in [4.78, 5) is 0. The van der Waals surface area contributed by atoms with Gasteiger partial charge in [-0.1, -0.05) is 18.9 Å². The Labute approximate surface area is 103 Å². The van der Waals surface area contributed by atoms with E-state index in [4.69, 9.17) is 0 Å². The number of halogens is 1. The Bertz CT molecular complexity index is 355. The van der Waals surface area contributed by atoms with Crippen molar-refractivity contribution < 1.29 is 4.39 Å². The average molecular weight is 235 g/mol. The van der Waals surface area contributed by atoms with Crippen LogP contribution in [0, 0.1) is 12.7 Å². The van der Waals surface area contributed by atoms with E-state index in [9.17, 15) is 4.39 Å². The fourth-order valence-electron chi connectivity index (χ4n) is 2.93. The zero-order chi connectivity index (χ0) is 12.3. The molecule has 1 aromatic rings. The molecule has 0 spiro atoms. The van der Waals surface area contributed by atoms with Gasteiger partial charge in [0.15, 0.2) is 0 Å². The summed E-state index contributed by atoms with van der Waals surface area (Å²) < 4.78 is 13.4. The van der Waals surface area contributed by atoms with Gasteiger partial charge in [0.25, 0.3) is 0 Å². The SMILES string of the molecule is CNC1CCCCC(c2cc(C)cc(F)c2)C1. The van der Waals surface area contributed by atoms with Crippen molar-refractivity contribution in [3.8, 4) is 0 Å². The molecule has 2 heteroatoms. The predicted molar refractivity (Wildman–Crippen MR) is 69.8 cm³/mol. The summed E-state index contributed by atoms with van der Waals surface area (Å²) in [5, 5.41) is 3.38. The molecular weight excluding hydrogens is 213 g/mol. The van der Waals surface area contributed by atoms with Crippen molar-refractivity contribution >= 4 is 0 Å². The first-order valence-electron chi connectivity index (χ1n) is 6.63. The molecule has 1 nitrogen and oxygen atoms in total. The number of hydrogen-bond acceptors (Lipinski definition) is 1. The molecule has 2 unspecified atom stereocenters. The third-order valence-electron chi connectivity index (χ3n) is 3.87. The number of rotatable bonds is 2. The Morgan fingerprint density at radius 3 is 2.65 bits per heavy atom. The lowest BCUT2D eigenvalue weighted by atomic mass is 9.89. The third-order valence-corrected chi connectivity index (χ3v) is 3.87. The van der Waals surface area contributed by atoms with Crippen molar-refractivity contribution in [1.29, 1.82) is 0 Å². The molecule has 17 heavy (non-hydrogen) atoms. The highest BCUT2D eigenvalue weighted by Gasteiger charge is 2.20. The molecule has 1 aromatic carbocycles. The monoisotopic (exact) mass is 235 g/mol. The van der Waals surface area contributed by atoms with Crippen LogP contribution in [0.2, 0.25) is 0 Å². The Morgan fingerprint density at radius 1 is 1.18 bits per heavy atom. The van der Waals surface area contributed by atoms with Crippen LogP contribution in [-0.2, 0) is 0 Å². The van der Waals surface area contributed by atoms with E-state index in [0.717, 1.165) is 12.0 Å². The molecule has 0 aromatic heterocycles. The van der Waals surface area contributed by atoms with E-state index in [1.54, 1.807) is 12.1 Å². The Hall–Kier alpha value is -0.890. The zero-order valence-corrected chi connectivity index (χ0v) is 10.8. The minimum absolute atomic E-state index is 0.0924. The van der Waals surface area contributed by atoms with Crippen LogP contribution in [-0.4, -0.2) is 13.1 Å². The summed E-state index contributed by atoms with van der Waals surface area (Å²) in [6.45, 7) is 1.97. The van der Waals surface area contributed by atoms with Gasteiger partial charge in [0.2, 0.25) is 0 Å². The van der Waals surface area contributed by atoms with E-state index >= 15 is 0 Å². The number of benzene rings is 1. The second kappa shape index (κ2) is 5.63. The van der Waals surface area contributed by atoms with E-state index in [-0.39, 0.29) is 5.82 Å². The zero-order valence-electron chi connectivity index (χ0n) is 10.8. The first-order chi connectivity index (χ1) is 8.19. The molecule has 1 aliphatic rings. The highest BCUT2D eigenvalue weighted by molar-refractivity contribution is 5.27. The van der Waals surface area contributed by atoms with Crippen molar-refractivity contribution in [2.45, 2.75) is 51.0 Å². The largest absolute Gasteiger partial charge is 0.317 e. The summed E-state index contributed by atoms with van der Waals surface area (Å²) >= 11 is 0. The Kier molecular flexibility index (Phi) is 4.16. The highest BCUT2D eigenvalue weighted by Crippen LogP contribution is 2.32. The molecular formula is C15H22FN. The molecule has 2 atom stereocenters. The van der Waals surface area contributed by atoms with Crippen molar-refractivity contribution in [2.75, 3.05) is 7.05 Å². The summed E-state index contributed by atoms with van der Waals surface area (Å²) in [6, 6.07) is 6.06. The van der Waals surface area contributed by atoms with E-state index in [0.29, 0.717) is 12.0 Å². The van der Waals surface area contributed by atoms with Gasteiger partial charge < -0.3 is 5.32 Å². The van der Waals surface area contributed by atoms with Gasteiger partial charge in [-0.25, -0.2) is 4.39 Å². The molecule has 2 rings (SSSR count). The number of aryl methyl sites for hydroxylation is 1. The lowest BCUT2D eigenvalue weighted by Gasteiger charge is -2.20. The molecule has 0 saturated heterocycles. The smallest absolute Gasteiger partial charge is 0.123 e. The molecule has 0 aliphatic heterocycles. The molecule has 0 radical (unpaired) electrons. The summed E-state index contributed by atoms with van der Waals surface area (Å²) in [7, 11) is 2.03. The minimum Gasteiger partial charge on any atom is -0.317 e. The Morgan fingerprint density at radius 2 is 1.94 bits per heavy atom. The number of hydrogen-bond donors (Lipinski definition) is 1. The van der Waals surface area contributed by atoms with E-state index in [1.807, 2.05) is 14.0 Å². The van der Waals surface area contributed by atoms with Crippen LogP contribution in [0.25, 0.3) is 0 Å². The quantitative estimate of drug-likeness (QED) is 0.769. The standard InChI is InChI=1S/C15H22FN/c1-11-7-13(9-14(16)8-11)12-5-3-4-6-15(10-12)17-2/h7-9,12,15,17H,3-6,10H2,1-2H3. The normalized spacial score (nSPS) is 25.6. The van der Waals surface area contributed by atoms with Crippen molar-refractivity contribution in [1.82, 2.24) is 5.32 Å². The van der Waals surface area contributed by atoms with Crippen LogP contribution in [0.3, 0.4) is 0 Å². The maximum absolute atomic E-state index is 13.4. The van der Waals surface area contributed by atoms with Gasteiger partial charge in [0.05, 0.1) is 0 Å². The molecule has 1 aliphatic carbocycles. The van der Waals surface area contributed by atoms with Crippen LogP contribution in [0.15, 0.2) is 18.2 Å².